The largest absolute Gasteiger partial charge is 0.477 e. The molecule has 0 aliphatic heterocycles. The van der Waals surface area contributed by atoms with Crippen LogP contribution >= 0.6 is 22.7 Å². The van der Waals surface area contributed by atoms with E-state index in [1.165, 1.54) is 0 Å². The number of carboxylic acids is 1. The third kappa shape index (κ3) is 3.22. The molecule has 134 valence electrons. The summed E-state index contributed by atoms with van der Waals surface area (Å²) in [5, 5.41) is 13.7. The Morgan fingerprint density at radius 3 is 2.67 bits per heavy atom. The number of aryl methyl sites for hydroxylation is 1. The Balaban J connectivity index is 1.97. The van der Waals surface area contributed by atoms with Gasteiger partial charge in [0.25, 0.3) is 5.56 Å². The van der Waals surface area contributed by atoms with Crippen LogP contribution in [-0.2, 0) is 0 Å². The Morgan fingerprint density at radius 2 is 2.00 bits per heavy atom. The molecule has 0 radical (unpaired) electrons. The zero-order chi connectivity index (χ0) is 19.0. The fourth-order valence-electron chi connectivity index (χ4n) is 2.91. The van der Waals surface area contributed by atoms with E-state index in [2.05, 4.69) is 9.97 Å². The van der Waals surface area contributed by atoms with Gasteiger partial charge in [0.15, 0.2) is 0 Å². The van der Waals surface area contributed by atoms with Crippen molar-refractivity contribution in [2.45, 2.75) is 6.92 Å². The van der Waals surface area contributed by atoms with Gasteiger partial charge in [0.1, 0.15) is 15.5 Å². The first-order chi connectivity index (χ1) is 13.0. The average Bonchev–Trinajstić information content (AvgIpc) is 3.28. The molecule has 0 aliphatic carbocycles. The topological polar surface area (TPSA) is 83.0 Å². The van der Waals surface area contributed by atoms with Gasteiger partial charge in [0, 0.05) is 5.57 Å². The maximum atomic E-state index is 12.7. The SMILES string of the molecule is Cc1c(C(=O)O)sc2nc(C(=Cc3ccsc3)c3ccccc3)[nH]c(=O)c12. The molecule has 0 atom stereocenters. The molecule has 5 nitrogen and oxygen atoms in total. The van der Waals surface area contributed by atoms with Gasteiger partial charge in [-0.15, -0.1) is 11.3 Å². The van der Waals surface area contributed by atoms with Gasteiger partial charge in [-0.1, -0.05) is 30.3 Å². The lowest BCUT2D eigenvalue weighted by Gasteiger charge is -2.07. The number of hydrogen-bond donors (Lipinski definition) is 2. The maximum Gasteiger partial charge on any atom is 0.346 e. The maximum absolute atomic E-state index is 12.7. The van der Waals surface area contributed by atoms with Gasteiger partial charge in [-0.3, -0.25) is 4.79 Å². The zero-order valence-corrected chi connectivity index (χ0v) is 15.9. The Hall–Kier alpha value is -3.03. The highest BCUT2D eigenvalue weighted by Crippen LogP contribution is 2.30. The second-order valence-electron chi connectivity index (χ2n) is 5.94. The minimum absolute atomic E-state index is 0.142. The summed E-state index contributed by atoms with van der Waals surface area (Å²) in [5.74, 6) is -0.628. The van der Waals surface area contributed by atoms with Gasteiger partial charge in [-0.2, -0.15) is 11.3 Å². The third-order valence-electron chi connectivity index (χ3n) is 4.19. The van der Waals surface area contributed by atoms with Gasteiger partial charge in [0.05, 0.1) is 5.39 Å². The van der Waals surface area contributed by atoms with Crippen LogP contribution in [0.2, 0.25) is 0 Å². The monoisotopic (exact) mass is 394 g/mol. The molecule has 0 saturated heterocycles. The number of aromatic carboxylic acids is 1. The van der Waals surface area contributed by atoms with E-state index in [4.69, 9.17) is 0 Å². The molecule has 3 aromatic heterocycles. The van der Waals surface area contributed by atoms with Crippen molar-refractivity contribution < 1.29 is 9.90 Å². The van der Waals surface area contributed by atoms with Crippen molar-refractivity contribution in [2.24, 2.45) is 0 Å². The molecule has 0 fully saturated rings. The van der Waals surface area contributed by atoms with E-state index in [1.807, 2.05) is 53.2 Å². The number of nitrogens with one attached hydrogen (secondary N) is 1. The zero-order valence-electron chi connectivity index (χ0n) is 14.2. The summed E-state index contributed by atoms with van der Waals surface area (Å²) < 4.78 is 0. The van der Waals surface area contributed by atoms with Crippen molar-refractivity contribution in [3.05, 3.63) is 84.9 Å². The number of hydrogen-bond acceptors (Lipinski definition) is 5. The molecule has 0 saturated carbocycles. The second kappa shape index (κ2) is 6.94. The van der Waals surface area contributed by atoms with E-state index in [0.717, 1.165) is 28.0 Å². The van der Waals surface area contributed by atoms with Crippen molar-refractivity contribution in [1.82, 2.24) is 9.97 Å². The van der Waals surface area contributed by atoms with Gasteiger partial charge in [-0.25, -0.2) is 9.78 Å². The lowest BCUT2D eigenvalue weighted by atomic mass is 10.0. The summed E-state index contributed by atoms with van der Waals surface area (Å²) in [6.07, 6.45) is 1.97. The molecule has 3 heterocycles. The molecular weight excluding hydrogens is 380 g/mol. The molecule has 1 aromatic carbocycles. The van der Waals surface area contributed by atoms with Crippen LogP contribution in [0.1, 0.15) is 32.2 Å². The van der Waals surface area contributed by atoms with Gasteiger partial charge in [0.2, 0.25) is 0 Å². The predicted octanol–water partition coefficient (Wildman–Crippen LogP) is 4.64. The molecule has 0 bridgehead atoms. The first kappa shape index (κ1) is 17.4. The van der Waals surface area contributed by atoms with Crippen LogP contribution in [-0.4, -0.2) is 21.0 Å². The van der Waals surface area contributed by atoms with Crippen LogP contribution in [0.3, 0.4) is 0 Å². The molecule has 0 spiro atoms. The van der Waals surface area contributed by atoms with E-state index >= 15 is 0 Å². The Kier molecular flexibility index (Phi) is 4.47. The molecule has 0 unspecified atom stereocenters. The molecule has 7 heteroatoms. The summed E-state index contributed by atoms with van der Waals surface area (Å²) in [7, 11) is 0. The number of fused-ring (bicyclic) bond motifs is 1. The van der Waals surface area contributed by atoms with E-state index in [-0.39, 0.29) is 10.4 Å². The van der Waals surface area contributed by atoms with E-state index in [0.29, 0.717) is 21.6 Å². The molecule has 2 N–H and O–H groups in total. The third-order valence-corrected chi connectivity index (χ3v) is 6.06. The van der Waals surface area contributed by atoms with E-state index in [9.17, 15) is 14.7 Å². The number of carboxylic acid groups (broad SMARTS) is 1. The summed E-state index contributed by atoms with van der Waals surface area (Å²) in [5.41, 5.74) is 2.82. The Morgan fingerprint density at radius 1 is 1.22 bits per heavy atom. The van der Waals surface area contributed by atoms with Crippen LogP contribution < -0.4 is 5.56 Å². The highest BCUT2D eigenvalue weighted by molar-refractivity contribution is 7.20. The predicted molar refractivity (Wildman–Crippen MR) is 110 cm³/mol. The summed E-state index contributed by atoms with van der Waals surface area (Å²) in [4.78, 5) is 32.1. The van der Waals surface area contributed by atoms with E-state index in [1.54, 1.807) is 18.3 Å². The lowest BCUT2D eigenvalue weighted by Crippen LogP contribution is -2.11. The molecule has 27 heavy (non-hydrogen) atoms. The molecular formula is C20H14N2O3S2. The number of thiophene rings is 2. The molecule has 0 aliphatic rings. The minimum atomic E-state index is -1.05. The normalized spacial score (nSPS) is 11.8. The Labute approximate surface area is 162 Å². The van der Waals surface area contributed by atoms with Crippen molar-refractivity contribution in [1.29, 1.82) is 0 Å². The summed E-state index contributed by atoms with van der Waals surface area (Å²) in [6.45, 7) is 1.64. The number of aromatic amines is 1. The first-order valence-corrected chi connectivity index (χ1v) is 9.87. The smallest absolute Gasteiger partial charge is 0.346 e. The molecule has 4 aromatic rings. The van der Waals surface area contributed by atoms with Crippen molar-refractivity contribution in [2.75, 3.05) is 0 Å². The lowest BCUT2D eigenvalue weighted by molar-refractivity contribution is 0.0701. The van der Waals surface area contributed by atoms with Crippen LogP contribution in [0.15, 0.2) is 52.0 Å². The number of H-pyrrole nitrogens is 1. The van der Waals surface area contributed by atoms with Crippen molar-refractivity contribution in [3.8, 4) is 0 Å². The summed E-state index contributed by atoms with van der Waals surface area (Å²) >= 11 is 2.61. The fraction of sp³-hybridized carbons (Fsp3) is 0.0500. The van der Waals surface area contributed by atoms with Gasteiger partial charge >= 0.3 is 5.97 Å². The minimum Gasteiger partial charge on any atom is -0.477 e. The first-order valence-electron chi connectivity index (χ1n) is 8.11. The fourth-order valence-corrected chi connectivity index (χ4v) is 4.54. The molecule has 4 rings (SSSR count). The van der Waals surface area contributed by atoms with Gasteiger partial charge in [-0.05, 0) is 46.5 Å². The number of rotatable bonds is 4. The highest BCUT2D eigenvalue weighted by atomic mass is 32.1. The highest BCUT2D eigenvalue weighted by Gasteiger charge is 2.19. The van der Waals surface area contributed by atoms with Crippen molar-refractivity contribution >= 4 is 50.5 Å². The van der Waals surface area contributed by atoms with Crippen LogP contribution in [0.4, 0.5) is 0 Å². The van der Waals surface area contributed by atoms with Crippen LogP contribution in [0, 0.1) is 6.92 Å². The van der Waals surface area contributed by atoms with Gasteiger partial charge < -0.3 is 10.1 Å². The number of aromatic nitrogens is 2. The number of nitrogens with zero attached hydrogens (tertiary/aromatic N) is 1. The summed E-state index contributed by atoms with van der Waals surface area (Å²) in [6, 6.07) is 11.7. The van der Waals surface area contributed by atoms with Crippen LogP contribution in [0.5, 0.6) is 0 Å². The number of benzene rings is 1. The Bertz CT molecular complexity index is 1220. The number of carbonyl (C=O) groups is 1. The standard InChI is InChI=1S/C20H14N2O3S2/c1-11-15-18(23)21-17(22-19(15)27-16(11)20(24)25)14(9-12-7-8-26-10-12)13-5-3-2-4-6-13/h2-10H,1H3,(H,24,25)(H,21,22,23). The van der Waals surface area contributed by atoms with E-state index < -0.39 is 5.97 Å². The quantitative estimate of drug-likeness (QED) is 0.528. The second-order valence-corrected chi connectivity index (χ2v) is 7.72. The van der Waals surface area contributed by atoms with Crippen molar-refractivity contribution in [3.63, 3.8) is 0 Å². The van der Waals surface area contributed by atoms with Crippen LogP contribution in [0.25, 0.3) is 21.9 Å². The molecule has 0 amide bonds. The average molecular weight is 394 g/mol.